The SMILES string of the molecule is CCc1cc2cc3c(cc2nc1SCC(=O)Nc1ccccc1Br)OCO3. The Balaban J connectivity index is 1.53. The average Bonchev–Trinajstić information content (AvgIpc) is 3.12. The summed E-state index contributed by atoms with van der Waals surface area (Å²) in [6, 6.07) is 13.5. The summed E-state index contributed by atoms with van der Waals surface area (Å²) in [5.74, 6) is 1.68. The third-order valence-electron chi connectivity index (χ3n) is 4.22. The summed E-state index contributed by atoms with van der Waals surface area (Å²) in [5.41, 5.74) is 2.71. The first-order chi connectivity index (χ1) is 13.1. The molecule has 1 aliphatic heterocycles. The molecule has 2 aromatic carbocycles. The molecule has 0 atom stereocenters. The summed E-state index contributed by atoms with van der Waals surface area (Å²) in [7, 11) is 0. The summed E-state index contributed by atoms with van der Waals surface area (Å²) >= 11 is 4.88. The number of carbonyl (C=O) groups is 1. The quantitative estimate of drug-likeness (QED) is 0.559. The maximum absolute atomic E-state index is 12.3. The summed E-state index contributed by atoms with van der Waals surface area (Å²) in [6.07, 6.45) is 0.839. The molecule has 5 nitrogen and oxygen atoms in total. The van der Waals surface area contributed by atoms with E-state index in [4.69, 9.17) is 14.5 Å². The molecule has 7 heteroatoms. The Labute approximate surface area is 169 Å². The number of carbonyl (C=O) groups excluding carboxylic acids is 1. The number of halogens is 1. The van der Waals surface area contributed by atoms with Crippen LogP contribution in [-0.2, 0) is 11.2 Å². The molecule has 1 amide bonds. The fraction of sp³-hybridized carbons (Fsp3) is 0.200. The van der Waals surface area contributed by atoms with Gasteiger partial charge < -0.3 is 14.8 Å². The lowest BCUT2D eigenvalue weighted by molar-refractivity contribution is -0.113. The number of nitrogens with zero attached hydrogens (tertiary/aromatic N) is 1. The molecule has 1 aliphatic rings. The van der Waals surface area contributed by atoms with Gasteiger partial charge in [0.2, 0.25) is 12.7 Å². The van der Waals surface area contributed by atoms with Gasteiger partial charge in [-0.15, -0.1) is 0 Å². The van der Waals surface area contributed by atoms with E-state index in [0.717, 1.165) is 43.8 Å². The van der Waals surface area contributed by atoms with Crippen LogP contribution in [0.3, 0.4) is 0 Å². The lowest BCUT2D eigenvalue weighted by Gasteiger charge is -2.10. The van der Waals surface area contributed by atoms with Crippen molar-refractivity contribution in [2.75, 3.05) is 17.9 Å². The van der Waals surface area contributed by atoms with E-state index in [2.05, 4.69) is 34.2 Å². The van der Waals surface area contributed by atoms with Crippen LogP contribution in [0.2, 0.25) is 0 Å². The molecule has 0 unspecified atom stereocenters. The Morgan fingerprint density at radius 3 is 2.78 bits per heavy atom. The van der Waals surface area contributed by atoms with Crippen LogP contribution >= 0.6 is 27.7 Å². The minimum atomic E-state index is -0.0680. The molecule has 138 valence electrons. The molecular weight excluding hydrogens is 428 g/mol. The van der Waals surface area contributed by atoms with Crippen molar-refractivity contribution in [3.8, 4) is 11.5 Å². The van der Waals surface area contributed by atoms with Crippen molar-refractivity contribution in [2.24, 2.45) is 0 Å². The fourth-order valence-corrected chi connectivity index (χ4v) is 4.13. The lowest BCUT2D eigenvalue weighted by atomic mass is 10.1. The number of fused-ring (bicyclic) bond motifs is 2. The first-order valence-corrected chi connectivity index (χ1v) is 10.3. The molecular formula is C20H17BrN2O3S. The fourth-order valence-electron chi connectivity index (χ4n) is 2.85. The van der Waals surface area contributed by atoms with Crippen molar-refractivity contribution in [1.82, 2.24) is 4.98 Å². The van der Waals surface area contributed by atoms with Gasteiger partial charge in [-0.05, 0) is 52.2 Å². The molecule has 1 aromatic heterocycles. The number of aromatic nitrogens is 1. The second-order valence-electron chi connectivity index (χ2n) is 6.02. The number of aryl methyl sites for hydroxylation is 1. The number of hydrogen-bond donors (Lipinski definition) is 1. The lowest BCUT2D eigenvalue weighted by Crippen LogP contribution is -2.14. The largest absolute Gasteiger partial charge is 0.454 e. The van der Waals surface area contributed by atoms with Crippen LogP contribution in [0.1, 0.15) is 12.5 Å². The molecule has 0 saturated carbocycles. The molecule has 0 aliphatic carbocycles. The van der Waals surface area contributed by atoms with Gasteiger partial charge in [-0.2, -0.15) is 0 Å². The number of thioether (sulfide) groups is 1. The Morgan fingerprint density at radius 2 is 2.00 bits per heavy atom. The number of rotatable bonds is 5. The third-order valence-corrected chi connectivity index (χ3v) is 5.94. The number of para-hydroxylation sites is 1. The van der Waals surface area contributed by atoms with E-state index in [9.17, 15) is 4.79 Å². The van der Waals surface area contributed by atoms with E-state index < -0.39 is 0 Å². The normalized spacial score (nSPS) is 12.4. The number of ether oxygens (including phenoxy) is 2. The minimum absolute atomic E-state index is 0.0680. The van der Waals surface area contributed by atoms with Crippen molar-refractivity contribution in [1.29, 1.82) is 0 Å². The molecule has 27 heavy (non-hydrogen) atoms. The first kappa shape index (κ1) is 18.1. The summed E-state index contributed by atoms with van der Waals surface area (Å²) < 4.78 is 11.7. The Bertz CT molecular complexity index is 1030. The van der Waals surface area contributed by atoms with Gasteiger partial charge in [-0.3, -0.25) is 4.79 Å². The standard InChI is InChI=1S/C20H17BrN2O3S/c1-2-12-7-13-8-17-18(26-11-25-17)9-16(13)23-20(12)27-10-19(24)22-15-6-4-3-5-14(15)21/h3-9H,2,10-11H2,1H3,(H,22,24). The van der Waals surface area contributed by atoms with Crippen molar-refractivity contribution in [3.63, 3.8) is 0 Å². The second kappa shape index (κ2) is 7.78. The minimum Gasteiger partial charge on any atom is -0.454 e. The molecule has 3 aromatic rings. The molecule has 0 saturated heterocycles. The molecule has 0 bridgehead atoms. The van der Waals surface area contributed by atoms with Crippen molar-refractivity contribution >= 4 is 50.2 Å². The van der Waals surface area contributed by atoms with Crippen LogP contribution in [0.15, 0.2) is 52.0 Å². The highest BCUT2D eigenvalue weighted by Crippen LogP contribution is 2.37. The van der Waals surface area contributed by atoms with E-state index in [1.807, 2.05) is 36.4 Å². The monoisotopic (exact) mass is 444 g/mol. The maximum Gasteiger partial charge on any atom is 0.234 e. The number of nitrogens with one attached hydrogen (secondary N) is 1. The highest BCUT2D eigenvalue weighted by atomic mass is 79.9. The molecule has 0 spiro atoms. The molecule has 0 fully saturated rings. The number of benzene rings is 2. The summed E-state index contributed by atoms with van der Waals surface area (Å²) in [5, 5.41) is 4.80. The Morgan fingerprint density at radius 1 is 1.22 bits per heavy atom. The highest BCUT2D eigenvalue weighted by molar-refractivity contribution is 9.10. The zero-order valence-electron chi connectivity index (χ0n) is 14.6. The molecule has 1 N–H and O–H groups in total. The van der Waals surface area contributed by atoms with Crippen molar-refractivity contribution in [2.45, 2.75) is 18.4 Å². The highest BCUT2D eigenvalue weighted by Gasteiger charge is 2.17. The second-order valence-corrected chi connectivity index (χ2v) is 7.84. The zero-order chi connectivity index (χ0) is 18.8. The topological polar surface area (TPSA) is 60.5 Å². The van der Waals surface area contributed by atoms with Crippen molar-refractivity contribution in [3.05, 3.63) is 52.5 Å². The van der Waals surface area contributed by atoms with Crippen LogP contribution in [0.4, 0.5) is 5.69 Å². The van der Waals surface area contributed by atoms with Crippen LogP contribution in [0.5, 0.6) is 11.5 Å². The Kier molecular flexibility index (Phi) is 5.22. The van der Waals surface area contributed by atoms with Gasteiger partial charge >= 0.3 is 0 Å². The van der Waals surface area contributed by atoms with Crippen LogP contribution in [0.25, 0.3) is 10.9 Å². The van der Waals surface area contributed by atoms with E-state index in [1.54, 1.807) is 0 Å². The zero-order valence-corrected chi connectivity index (χ0v) is 17.0. The van der Waals surface area contributed by atoms with E-state index >= 15 is 0 Å². The molecule has 0 radical (unpaired) electrons. The van der Waals surface area contributed by atoms with Crippen LogP contribution in [0, 0.1) is 0 Å². The predicted octanol–water partition coefficient (Wildman–Crippen LogP) is 5.02. The van der Waals surface area contributed by atoms with E-state index in [-0.39, 0.29) is 18.5 Å². The number of amides is 1. The molecule has 4 rings (SSSR count). The van der Waals surface area contributed by atoms with Gasteiger partial charge in [0.15, 0.2) is 11.5 Å². The molecule has 2 heterocycles. The van der Waals surface area contributed by atoms with Gasteiger partial charge in [-0.1, -0.05) is 30.8 Å². The predicted molar refractivity (Wildman–Crippen MR) is 111 cm³/mol. The van der Waals surface area contributed by atoms with Gasteiger partial charge in [0.05, 0.1) is 17.0 Å². The van der Waals surface area contributed by atoms with Gasteiger partial charge in [-0.25, -0.2) is 4.98 Å². The first-order valence-electron chi connectivity index (χ1n) is 8.54. The van der Waals surface area contributed by atoms with Crippen LogP contribution < -0.4 is 14.8 Å². The smallest absolute Gasteiger partial charge is 0.234 e. The average molecular weight is 445 g/mol. The van der Waals surface area contributed by atoms with Crippen LogP contribution in [-0.4, -0.2) is 23.4 Å². The number of anilines is 1. The third kappa shape index (κ3) is 3.89. The number of hydrogen-bond acceptors (Lipinski definition) is 5. The van der Waals surface area contributed by atoms with E-state index in [0.29, 0.717) is 5.75 Å². The van der Waals surface area contributed by atoms with E-state index in [1.165, 1.54) is 11.8 Å². The summed E-state index contributed by atoms with van der Waals surface area (Å²) in [6.45, 7) is 2.32. The van der Waals surface area contributed by atoms with Crippen molar-refractivity contribution < 1.29 is 14.3 Å². The van der Waals surface area contributed by atoms with Gasteiger partial charge in [0, 0.05) is 15.9 Å². The Hall–Kier alpha value is -2.25. The maximum atomic E-state index is 12.3. The van der Waals surface area contributed by atoms with Gasteiger partial charge in [0.25, 0.3) is 0 Å². The van der Waals surface area contributed by atoms with Gasteiger partial charge in [0.1, 0.15) is 5.03 Å². The number of pyridine rings is 1. The summed E-state index contributed by atoms with van der Waals surface area (Å²) in [4.78, 5) is 17.1.